The third kappa shape index (κ3) is 5.75. The van der Waals surface area contributed by atoms with Gasteiger partial charge in [0.25, 0.3) is 0 Å². The molecule has 0 aliphatic heterocycles. The van der Waals surface area contributed by atoms with E-state index in [1.54, 1.807) is 36.4 Å². The summed E-state index contributed by atoms with van der Waals surface area (Å²) >= 11 is 0. The molecule has 2 bridgehead atoms. The van der Waals surface area contributed by atoms with Gasteiger partial charge in [0.05, 0.1) is 12.8 Å². The van der Waals surface area contributed by atoms with Gasteiger partial charge >= 0.3 is 0 Å². The largest absolute Gasteiger partial charge is 0.490 e. The third-order valence-electron chi connectivity index (χ3n) is 7.50. The highest BCUT2D eigenvalue weighted by Gasteiger charge is 2.47. The summed E-state index contributed by atoms with van der Waals surface area (Å²) in [4.78, 5) is 19.7. The van der Waals surface area contributed by atoms with E-state index >= 15 is 0 Å². The lowest BCUT2D eigenvalue weighted by Crippen LogP contribution is -2.53. The molecule has 5 N–H and O–H groups in total. The number of nitrogens with zero attached hydrogens (tertiary/aromatic N) is 2. The van der Waals surface area contributed by atoms with Crippen LogP contribution < -0.4 is 26.4 Å². The van der Waals surface area contributed by atoms with E-state index in [1.165, 1.54) is 6.07 Å². The van der Waals surface area contributed by atoms with E-state index in [-0.39, 0.29) is 34.4 Å². The molecular formula is C28H30F2N6O2. The van der Waals surface area contributed by atoms with Crippen LogP contribution in [0.4, 0.5) is 37.6 Å². The highest BCUT2D eigenvalue weighted by Crippen LogP contribution is 2.51. The minimum atomic E-state index is -0.678. The number of nitrogens with one attached hydrogen (secondary N) is 3. The highest BCUT2D eigenvalue weighted by molar-refractivity contribution is 5.99. The first-order valence-corrected chi connectivity index (χ1v) is 12.6. The molecule has 0 unspecified atom stereocenters. The summed E-state index contributed by atoms with van der Waals surface area (Å²) in [6, 6.07) is 11.2. The Labute approximate surface area is 219 Å². The maximum Gasteiger partial charge on any atom is 0.247 e. The molecule has 1 aromatic heterocycles. The Morgan fingerprint density at radius 3 is 2.42 bits per heavy atom. The Balaban J connectivity index is 1.23. The van der Waals surface area contributed by atoms with Crippen LogP contribution in [0.15, 0.2) is 61.3 Å². The zero-order valence-electron chi connectivity index (χ0n) is 20.9. The molecule has 6 rings (SSSR count). The molecule has 1 amide bonds. The summed E-state index contributed by atoms with van der Waals surface area (Å²) in [5.41, 5.74) is 7.83. The first kappa shape index (κ1) is 25.6. The minimum absolute atomic E-state index is 0.0226. The summed E-state index contributed by atoms with van der Waals surface area (Å²) in [6.45, 7) is 3.89. The molecule has 3 saturated carbocycles. The van der Waals surface area contributed by atoms with Crippen LogP contribution in [0.1, 0.15) is 38.5 Å². The molecule has 1 heterocycles. The molecule has 3 aliphatic rings. The van der Waals surface area contributed by atoms with E-state index in [0.29, 0.717) is 23.7 Å². The number of carbonyl (C=O) groups is 1. The number of ether oxygens (including phenoxy) is 1. The average molecular weight is 521 g/mol. The van der Waals surface area contributed by atoms with Crippen molar-refractivity contribution >= 4 is 34.7 Å². The van der Waals surface area contributed by atoms with Gasteiger partial charge in [0.15, 0.2) is 23.2 Å². The molecule has 0 atom stereocenters. The Kier molecular flexibility index (Phi) is 6.98. The summed E-state index contributed by atoms with van der Waals surface area (Å²) in [5, 5.41) is 8.40. The van der Waals surface area contributed by atoms with Crippen LogP contribution in [-0.4, -0.2) is 28.0 Å². The van der Waals surface area contributed by atoms with E-state index in [1.807, 2.05) is 0 Å². The number of amides is 1. The monoisotopic (exact) mass is 520 g/mol. The number of rotatable bonds is 9. The lowest BCUT2D eigenvalue weighted by atomic mass is 9.58. The Bertz CT molecular complexity index is 1340. The van der Waals surface area contributed by atoms with Crippen LogP contribution in [0, 0.1) is 17.0 Å². The summed E-state index contributed by atoms with van der Waals surface area (Å²) in [7, 11) is 0. The summed E-state index contributed by atoms with van der Waals surface area (Å²) < 4.78 is 35.2. The molecule has 0 spiro atoms. The molecule has 0 saturated heterocycles. The van der Waals surface area contributed by atoms with E-state index < -0.39 is 11.6 Å². The van der Waals surface area contributed by atoms with Crippen LogP contribution in [-0.2, 0) is 4.79 Å². The summed E-state index contributed by atoms with van der Waals surface area (Å²) in [5.74, 6) is -1.38. The van der Waals surface area contributed by atoms with Gasteiger partial charge in [-0.1, -0.05) is 12.6 Å². The van der Waals surface area contributed by atoms with E-state index in [4.69, 9.17) is 10.5 Å². The van der Waals surface area contributed by atoms with E-state index in [2.05, 4.69) is 32.5 Å². The molecule has 3 aromatic rings. The Morgan fingerprint density at radius 1 is 1.00 bits per heavy atom. The van der Waals surface area contributed by atoms with Crippen LogP contribution in [0.5, 0.6) is 5.75 Å². The second-order valence-corrected chi connectivity index (χ2v) is 10.2. The molecule has 2 aromatic carbocycles. The van der Waals surface area contributed by atoms with Crippen LogP contribution in [0.2, 0.25) is 0 Å². The van der Waals surface area contributed by atoms with Gasteiger partial charge in [-0.2, -0.15) is 4.98 Å². The molecule has 198 valence electrons. The maximum atomic E-state index is 14.9. The van der Waals surface area contributed by atoms with Crippen LogP contribution >= 0.6 is 0 Å². The molecule has 0 radical (unpaired) electrons. The fourth-order valence-electron chi connectivity index (χ4n) is 5.08. The van der Waals surface area contributed by atoms with Crippen LogP contribution in [0.3, 0.4) is 0 Å². The second kappa shape index (κ2) is 10.4. The zero-order valence-corrected chi connectivity index (χ0v) is 20.9. The zero-order chi connectivity index (χ0) is 26.8. The number of aromatic nitrogens is 2. The number of hydrogen-bond acceptors (Lipinski definition) is 7. The van der Waals surface area contributed by atoms with E-state index in [0.717, 1.165) is 50.8 Å². The van der Waals surface area contributed by atoms with Gasteiger partial charge in [-0.15, -0.1) is 0 Å². The quantitative estimate of drug-likeness (QED) is 0.264. The maximum absolute atomic E-state index is 14.9. The van der Waals surface area contributed by atoms with E-state index in [9.17, 15) is 13.6 Å². The molecular weight excluding hydrogens is 490 g/mol. The number of benzene rings is 2. The molecule has 10 heteroatoms. The lowest BCUT2D eigenvalue weighted by molar-refractivity contribution is -0.111. The van der Waals surface area contributed by atoms with Crippen molar-refractivity contribution in [1.82, 2.24) is 9.97 Å². The normalized spacial score (nSPS) is 22.0. The van der Waals surface area contributed by atoms with Crippen molar-refractivity contribution in [2.75, 3.05) is 22.6 Å². The third-order valence-corrected chi connectivity index (χ3v) is 7.50. The number of nitrogens with two attached hydrogens (primary N) is 1. The predicted molar refractivity (Wildman–Crippen MR) is 143 cm³/mol. The lowest BCUT2D eigenvalue weighted by Gasteiger charge is -2.51. The smallest absolute Gasteiger partial charge is 0.247 e. The van der Waals surface area contributed by atoms with Gasteiger partial charge < -0.3 is 26.4 Å². The fourth-order valence-corrected chi connectivity index (χ4v) is 5.08. The number of anilines is 5. The van der Waals surface area contributed by atoms with Crippen molar-refractivity contribution in [2.45, 2.75) is 44.1 Å². The number of halogens is 2. The van der Waals surface area contributed by atoms with Gasteiger partial charge in [0.2, 0.25) is 11.9 Å². The first-order valence-electron chi connectivity index (χ1n) is 12.6. The van der Waals surface area contributed by atoms with Gasteiger partial charge in [-0.3, -0.25) is 4.79 Å². The molecule has 3 fully saturated rings. The van der Waals surface area contributed by atoms with Gasteiger partial charge in [0, 0.05) is 34.1 Å². The van der Waals surface area contributed by atoms with Gasteiger partial charge in [0.1, 0.15) is 0 Å². The Morgan fingerprint density at radius 2 is 1.71 bits per heavy atom. The first-order chi connectivity index (χ1) is 18.2. The van der Waals surface area contributed by atoms with Crippen molar-refractivity contribution in [1.29, 1.82) is 0 Å². The van der Waals surface area contributed by atoms with Gasteiger partial charge in [-0.25, -0.2) is 13.8 Å². The van der Waals surface area contributed by atoms with Gasteiger partial charge in [-0.05, 0) is 74.9 Å². The second-order valence-electron chi connectivity index (χ2n) is 10.2. The summed E-state index contributed by atoms with van der Waals surface area (Å²) in [6.07, 6.45) is 8.18. The molecule has 8 nitrogen and oxygen atoms in total. The molecule has 3 aliphatic carbocycles. The fraction of sp³-hybridized carbons (Fsp3) is 0.321. The van der Waals surface area contributed by atoms with Crippen LogP contribution in [0.25, 0.3) is 0 Å². The van der Waals surface area contributed by atoms with Crippen molar-refractivity contribution in [2.24, 2.45) is 11.1 Å². The van der Waals surface area contributed by atoms with Crippen molar-refractivity contribution in [3.05, 3.63) is 73.0 Å². The number of hydrogen-bond donors (Lipinski definition) is 4. The van der Waals surface area contributed by atoms with Crippen molar-refractivity contribution in [3.8, 4) is 5.75 Å². The average Bonchev–Trinajstić information content (AvgIpc) is 2.91. The van der Waals surface area contributed by atoms with Crippen molar-refractivity contribution < 1.29 is 18.3 Å². The number of carbonyl (C=O) groups excluding carboxylic acids is 1. The standard InChI is InChI=1S/C28H30F2N6O2/c1-2-24(37)33-18-4-3-5-19(14-18)34-25-22(30)16-32-26(36-25)35-20-6-7-23(21(29)15-20)38-17-27-8-11-28(31,12-9-27)13-10-27/h2-7,14-16H,1,8-13,17,31H2,(H,33,37)(H2,32,34,35,36). The van der Waals surface area contributed by atoms with Crippen molar-refractivity contribution in [3.63, 3.8) is 0 Å². The predicted octanol–water partition coefficient (Wildman–Crippen LogP) is 5.80. The highest BCUT2D eigenvalue weighted by atomic mass is 19.1. The number of fused-ring (bicyclic) bond motifs is 3. The minimum Gasteiger partial charge on any atom is -0.490 e. The SMILES string of the molecule is C=CC(=O)Nc1cccc(Nc2nc(Nc3ccc(OCC45CCC(N)(CC4)CC5)c(F)c3)ncc2F)c1. The molecule has 38 heavy (non-hydrogen) atoms. The topological polar surface area (TPSA) is 114 Å². The Hall–Kier alpha value is -4.05.